The molecule has 0 aromatic carbocycles. The molecule has 27 heavy (non-hydrogen) atoms. The summed E-state index contributed by atoms with van der Waals surface area (Å²) in [6, 6.07) is 5.25. The average molecular weight is 377 g/mol. The number of pyridine rings is 1. The summed E-state index contributed by atoms with van der Waals surface area (Å²) in [5, 5.41) is 0. The molecule has 1 aromatic heterocycles. The smallest absolute Gasteiger partial charge is 0.410 e. The van der Waals surface area contributed by atoms with Crippen LogP contribution in [0.4, 0.5) is 9.18 Å². The largest absolute Gasteiger partial charge is 0.444 e. The van der Waals surface area contributed by atoms with Crippen molar-refractivity contribution in [3.05, 3.63) is 30.1 Å². The van der Waals surface area contributed by atoms with E-state index in [-0.39, 0.29) is 30.8 Å². The number of halogens is 1. The maximum atomic E-state index is 15.2. The summed E-state index contributed by atoms with van der Waals surface area (Å²) in [7, 11) is 0. The van der Waals surface area contributed by atoms with Crippen LogP contribution < -0.4 is 0 Å². The molecule has 0 spiro atoms. The number of nitrogens with zero attached hydrogens (tertiary/aromatic N) is 3. The lowest BCUT2D eigenvalue weighted by molar-refractivity contribution is -0.138. The highest BCUT2D eigenvalue weighted by molar-refractivity contribution is 5.81. The zero-order chi connectivity index (χ0) is 19.7. The van der Waals surface area contributed by atoms with Gasteiger partial charge < -0.3 is 14.5 Å². The third-order valence-corrected chi connectivity index (χ3v) is 5.18. The first-order valence-electron chi connectivity index (χ1n) is 9.55. The van der Waals surface area contributed by atoms with Crippen LogP contribution in [0.15, 0.2) is 24.4 Å². The van der Waals surface area contributed by atoms with Gasteiger partial charge in [-0.25, -0.2) is 9.18 Å². The highest BCUT2D eigenvalue weighted by atomic mass is 19.1. The van der Waals surface area contributed by atoms with Gasteiger partial charge in [0, 0.05) is 45.2 Å². The molecule has 0 N–H and O–H groups in total. The van der Waals surface area contributed by atoms with Crippen LogP contribution in [0, 0.1) is 5.92 Å². The fourth-order valence-electron chi connectivity index (χ4n) is 3.68. The van der Waals surface area contributed by atoms with Crippen LogP contribution in [0.2, 0.25) is 0 Å². The van der Waals surface area contributed by atoms with Gasteiger partial charge in [0.05, 0.1) is 11.6 Å². The summed E-state index contributed by atoms with van der Waals surface area (Å²) in [5.41, 5.74) is -1.59. The Labute approximate surface area is 159 Å². The van der Waals surface area contributed by atoms with E-state index in [1.54, 1.807) is 34.2 Å². The molecule has 0 bridgehead atoms. The van der Waals surface area contributed by atoms with Crippen molar-refractivity contribution in [1.82, 2.24) is 14.8 Å². The lowest BCUT2D eigenvalue weighted by atomic mass is 9.89. The fourth-order valence-corrected chi connectivity index (χ4v) is 3.68. The maximum Gasteiger partial charge on any atom is 0.410 e. The number of ether oxygens (including phenoxy) is 1. The summed E-state index contributed by atoms with van der Waals surface area (Å²) >= 11 is 0. The van der Waals surface area contributed by atoms with Crippen molar-refractivity contribution in [2.24, 2.45) is 5.92 Å². The number of amides is 2. The number of aromatic nitrogens is 1. The molecule has 1 unspecified atom stereocenters. The van der Waals surface area contributed by atoms with E-state index in [2.05, 4.69) is 4.98 Å². The Bertz CT molecular complexity index is 681. The van der Waals surface area contributed by atoms with Gasteiger partial charge in [-0.05, 0) is 39.3 Å². The van der Waals surface area contributed by atoms with E-state index in [9.17, 15) is 9.59 Å². The van der Waals surface area contributed by atoms with Crippen molar-refractivity contribution in [3.63, 3.8) is 0 Å². The van der Waals surface area contributed by atoms with Crippen LogP contribution >= 0.6 is 0 Å². The number of carbonyl (C=O) groups is 2. The molecule has 1 aromatic rings. The van der Waals surface area contributed by atoms with Gasteiger partial charge >= 0.3 is 6.09 Å². The Morgan fingerprint density at radius 3 is 2.48 bits per heavy atom. The van der Waals surface area contributed by atoms with Crippen LogP contribution in [0.3, 0.4) is 0 Å². The molecule has 2 amide bonds. The second kappa shape index (κ2) is 7.44. The van der Waals surface area contributed by atoms with Crippen molar-refractivity contribution in [2.75, 3.05) is 26.2 Å². The van der Waals surface area contributed by atoms with E-state index in [0.717, 1.165) is 0 Å². The first kappa shape index (κ1) is 19.6. The van der Waals surface area contributed by atoms with Crippen LogP contribution in [0.25, 0.3) is 0 Å². The van der Waals surface area contributed by atoms with Gasteiger partial charge in [0.1, 0.15) is 5.60 Å². The summed E-state index contributed by atoms with van der Waals surface area (Å²) in [4.78, 5) is 32.4. The molecule has 2 saturated heterocycles. The van der Waals surface area contributed by atoms with Gasteiger partial charge in [-0.3, -0.25) is 9.78 Å². The van der Waals surface area contributed by atoms with Crippen LogP contribution in [0.5, 0.6) is 0 Å². The third-order valence-electron chi connectivity index (χ3n) is 5.18. The highest BCUT2D eigenvalue weighted by Crippen LogP contribution is 2.36. The molecule has 0 radical (unpaired) electrons. The first-order chi connectivity index (χ1) is 12.7. The SMILES string of the molecule is CC(C)(C)OC(=O)N1CCC(C(=O)N2CCC(F)(c3ccccn3)CC2)C1. The van der Waals surface area contributed by atoms with Crippen molar-refractivity contribution in [3.8, 4) is 0 Å². The van der Waals surface area contributed by atoms with Crippen molar-refractivity contribution in [2.45, 2.75) is 51.3 Å². The summed E-state index contributed by atoms with van der Waals surface area (Å²) in [6.45, 7) is 7.08. The number of alkyl halides is 1. The minimum atomic E-state index is -1.48. The minimum absolute atomic E-state index is 0.00382. The Kier molecular flexibility index (Phi) is 5.40. The minimum Gasteiger partial charge on any atom is -0.444 e. The van der Waals surface area contributed by atoms with Gasteiger partial charge in [0.15, 0.2) is 5.67 Å². The number of carbonyl (C=O) groups excluding carboxylic acids is 2. The number of rotatable bonds is 2. The Morgan fingerprint density at radius 2 is 1.89 bits per heavy atom. The molecule has 2 fully saturated rings. The topological polar surface area (TPSA) is 62.7 Å². The van der Waals surface area contributed by atoms with Crippen LogP contribution in [0.1, 0.15) is 45.7 Å². The number of piperidine rings is 1. The Balaban J connectivity index is 1.54. The molecular weight excluding hydrogens is 349 g/mol. The zero-order valence-corrected chi connectivity index (χ0v) is 16.3. The molecule has 0 saturated carbocycles. The quantitative estimate of drug-likeness (QED) is 0.794. The second-order valence-corrected chi connectivity index (χ2v) is 8.42. The van der Waals surface area contributed by atoms with E-state index < -0.39 is 11.3 Å². The molecule has 148 valence electrons. The highest BCUT2D eigenvalue weighted by Gasteiger charge is 2.41. The third kappa shape index (κ3) is 4.57. The van der Waals surface area contributed by atoms with Crippen LogP contribution in [-0.2, 0) is 15.2 Å². The van der Waals surface area contributed by atoms with E-state index in [4.69, 9.17) is 4.74 Å². The average Bonchev–Trinajstić information content (AvgIpc) is 3.11. The standard InChI is InChI=1S/C20H28FN3O3/c1-19(2,3)27-18(26)24-11-7-15(14-24)17(25)23-12-8-20(21,9-13-23)16-6-4-5-10-22-16/h4-6,10,15H,7-9,11-14H2,1-3H3. The molecule has 2 aliphatic heterocycles. The predicted molar refractivity (Wildman–Crippen MR) is 98.8 cm³/mol. The van der Waals surface area contributed by atoms with Crippen LogP contribution in [-0.4, -0.2) is 58.6 Å². The van der Waals surface area contributed by atoms with E-state index in [1.165, 1.54) is 0 Å². The fraction of sp³-hybridized carbons (Fsp3) is 0.650. The molecule has 7 heteroatoms. The summed E-state index contributed by atoms with van der Waals surface area (Å²) in [6.07, 6.45) is 2.33. The van der Waals surface area contributed by atoms with Gasteiger partial charge in [-0.1, -0.05) is 6.07 Å². The van der Waals surface area contributed by atoms with Crippen molar-refractivity contribution < 1.29 is 18.7 Å². The Morgan fingerprint density at radius 1 is 1.19 bits per heavy atom. The lowest BCUT2D eigenvalue weighted by Crippen LogP contribution is -2.46. The van der Waals surface area contributed by atoms with Gasteiger partial charge in [0.2, 0.25) is 5.91 Å². The zero-order valence-electron chi connectivity index (χ0n) is 16.3. The molecular formula is C20H28FN3O3. The van der Waals surface area contributed by atoms with Gasteiger partial charge in [0.25, 0.3) is 0 Å². The second-order valence-electron chi connectivity index (χ2n) is 8.42. The normalized spacial score (nSPS) is 22.6. The Hall–Kier alpha value is -2.18. The first-order valence-corrected chi connectivity index (χ1v) is 9.55. The predicted octanol–water partition coefficient (Wildman–Crippen LogP) is 3.13. The summed E-state index contributed by atoms with van der Waals surface area (Å²) in [5.74, 6) is -0.233. The monoisotopic (exact) mass is 377 g/mol. The molecule has 1 atom stereocenters. The lowest BCUT2D eigenvalue weighted by Gasteiger charge is -2.37. The van der Waals surface area contributed by atoms with E-state index in [0.29, 0.717) is 38.3 Å². The summed E-state index contributed by atoms with van der Waals surface area (Å²) < 4.78 is 20.6. The molecule has 0 aliphatic carbocycles. The molecule has 2 aliphatic rings. The van der Waals surface area contributed by atoms with E-state index >= 15 is 4.39 Å². The molecule has 3 heterocycles. The van der Waals surface area contributed by atoms with Gasteiger partial charge in [-0.15, -0.1) is 0 Å². The van der Waals surface area contributed by atoms with Gasteiger partial charge in [-0.2, -0.15) is 0 Å². The number of likely N-dealkylation sites (tertiary alicyclic amines) is 2. The maximum absolute atomic E-state index is 15.2. The molecule has 6 nitrogen and oxygen atoms in total. The number of hydrogen-bond donors (Lipinski definition) is 0. The van der Waals surface area contributed by atoms with Crippen molar-refractivity contribution in [1.29, 1.82) is 0 Å². The van der Waals surface area contributed by atoms with E-state index in [1.807, 2.05) is 20.8 Å². The van der Waals surface area contributed by atoms with Crippen molar-refractivity contribution >= 4 is 12.0 Å². The molecule has 3 rings (SSSR count). The number of hydrogen-bond acceptors (Lipinski definition) is 4.